The average molecular weight is 138 g/mol. The molecule has 0 N–H and O–H groups in total. The Morgan fingerprint density at radius 3 is 2.70 bits per heavy atom. The topological polar surface area (TPSA) is 35.0 Å². The Labute approximate surface area is 60.1 Å². The molecule has 0 saturated heterocycles. The van der Waals surface area contributed by atoms with Crippen LogP contribution in [0.2, 0.25) is 0 Å². The van der Waals surface area contributed by atoms with E-state index in [4.69, 9.17) is 4.74 Å². The van der Waals surface area contributed by atoms with Crippen LogP contribution in [0.5, 0.6) is 0 Å². The summed E-state index contributed by atoms with van der Waals surface area (Å²) in [6.07, 6.45) is 4.26. The van der Waals surface area contributed by atoms with E-state index in [0.29, 0.717) is 6.61 Å². The van der Waals surface area contributed by atoms with Crippen LogP contribution in [-0.4, -0.2) is 23.7 Å². The summed E-state index contributed by atoms with van der Waals surface area (Å²) in [5, 5.41) is 0. The Bertz CT molecular complexity index is 176. The summed E-state index contributed by atoms with van der Waals surface area (Å²) < 4.78 is 4.87. The lowest BCUT2D eigenvalue weighted by atomic mass is 10.4. The number of methoxy groups -OCH3 is 1. The minimum Gasteiger partial charge on any atom is -0.384 e. The minimum absolute atomic E-state index is 0.685. The van der Waals surface area contributed by atoms with Gasteiger partial charge >= 0.3 is 0 Å². The first kappa shape index (κ1) is 7.15. The van der Waals surface area contributed by atoms with Gasteiger partial charge in [-0.15, -0.1) is 0 Å². The van der Waals surface area contributed by atoms with Crippen LogP contribution in [0, 0.1) is 0 Å². The van der Waals surface area contributed by atoms with Crippen molar-refractivity contribution in [3.63, 3.8) is 0 Å². The average Bonchev–Trinajstić information content (AvgIpc) is 2.03. The summed E-state index contributed by atoms with van der Waals surface area (Å²) in [6.45, 7) is 0.685. The van der Waals surface area contributed by atoms with E-state index in [0.717, 1.165) is 12.2 Å². The highest BCUT2D eigenvalue weighted by molar-refractivity contribution is 4.88. The van der Waals surface area contributed by atoms with E-state index < -0.39 is 0 Å². The Morgan fingerprint density at radius 2 is 2.10 bits per heavy atom. The third kappa shape index (κ3) is 2.11. The van der Waals surface area contributed by atoms with Gasteiger partial charge in [-0.25, -0.2) is 9.97 Å². The summed E-state index contributed by atoms with van der Waals surface area (Å²) in [4.78, 5) is 8.05. The largest absolute Gasteiger partial charge is 0.384 e. The van der Waals surface area contributed by atoms with Crippen molar-refractivity contribution in [2.24, 2.45) is 0 Å². The normalized spacial score (nSPS) is 9.70. The standard InChI is InChI=1S/C7H10N2O/c1-10-6-3-7-8-4-2-5-9-7/h2,4-5H,3,6H2,1H3. The van der Waals surface area contributed by atoms with Crippen LogP contribution >= 0.6 is 0 Å². The van der Waals surface area contributed by atoms with Crippen LogP contribution < -0.4 is 0 Å². The molecular weight excluding hydrogens is 128 g/mol. The molecule has 0 aromatic carbocycles. The molecule has 3 nitrogen and oxygen atoms in total. The van der Waals surface area contributed by atoms with Crippen LogP contribution in [0.3, 0.4) is 0 Å². The van der Waals surface area contributed by atoms with E-state index in [1.807, 2.05) is 0 Å². The molecule has 3 heteroatoms. The van der Waals surface area contributed by atoms with Crippen molar-refractivity contribution in [2.45, 2.75) is 6.42 Å². The zero-order valence-corrected chi connectivity index (χ0v) is 5.95. The van der Waals surface area contributed by atoms with E-state index in [1.165, 1.54) is 0 Å². The molecule has 0 bridgehead atoms. The zero-order chi connectivity index (χ0) is 7.23. The molecule has 0 atom stereocenters. The van der Waals surface area contributed by atoms with Gasteiger partial charge in [0.2, 0.25) is 0 Å². The smallest absolute Gasteiger partial charge is 0.130 e. The predicted molar refractivity (Wildman–Crippen MR) is 37.6 cm³/mol. The highest BCUT2D eigenvalue weighted by Crippen LogP contribution is 1.88. The van der Waals surface area contributed by atoms with Gasteiger partial charge in [0, 0.05) is 25.9 Å². The van der Waals surface area contributed by atoms with Crippen LogP contribution in [0.15, 0.2) is 18.5 Å². The van der Waals surface area contributed by atoms with Gasteiger partial charge in [0.25, 0.3) is 0 Å². The van der Waals surface area contributed by atoms with Crippen molar-refractivity contribution in [3.8, 4) is 0 Å². The van der Waals surface area contributed by atoms with Crippen molar-refractivity contribution in [2.75, 3.05) is 13.7 Å². The molecule has 1 heterocycles. The lowest BCUT2D eigenvalue weighted by molar-refractivity contribution is 0.200. The van der Waals surface area contributed by atoms with E-state index in [2.05, 4.69) is 9.97 Å². The maximum absolute atomic E-state index is 4.87. The second-order valence-electron chi connectivity index (χ2n) is 1.91. The lowest BCUT2D eigenvalue weighted by Gasteiger charge is -1.95. The first-order chi connectivity index (χ1) is 4.93. The molecule has 1 rings (SSSR count). The van der Waals surface area contributed by atoms with Gasteiger partial charge < -0.3 is 4.74 Å². The molecule has 0 fully saturated rings. The molecule has 0 unspecified atom stereocenters. The van der Waals surface area contributed by atoms with Gasteiger partial charge in [0.15, 0.2) is 0 Å². The van der Waals surface area contributed by atoms with Crippen molar-refractivity contribution in [1.29, 1.82) is 0 Å². The molecule has 0 saturated carbocycles. The maximum atomic E-state index is 4.87. The SMILES string of the molecule is COCCc1ncccn1. The second kappa shape index (κ2) is 3.95. The van der Waals surface area contributed by atoms with Crippen molar-refractivity contribution in [1.82, 2.24) is 9.97 Å². The summed E-state index contributed by atoms with van der Waals surface area (Å²) >= 11 is 0. The molecule has 0 amide bonds. The van der Waals surface area contributed by atoms with Crippen LogP contribution in [0.25, 0.3) is 0 Å². The van der Waals surface area contributed by atoms with Crippen molar-refractivity contribution >= 4 is 0 Å². The van der Waals surface area contributed by atoms with Gasteiger partial charge in [-0.1, -0.05) is 0 Å². The van der Waals surface area contributed by atoms with Crippen molar-refractivity contribution < 1.29 is 4.74 Å². The first-order valence-corrected chi connectivity index (χ1v) is 3.18. The van der Waals surface area contributed by atoms with Crippen LogP contribution in [0.4, 0.5) is 0 Å². The van der Waals surface area contributed by atoms with Gasteiger partial charge in [-0.2, -0.15) is 0 Å². The van der Waals surface area contributed by atoms with Gasteiger partial charge in [-0.05, 0) is 6.07 Å². The van der Waals surface area contributed by atoms with Crippen LogP contribution in [0.1, 0.15) is 5.82 Å². The van der Waals surface area contributed by atoms with Gasteiger partial charge in [0.05, 0.1) is 6.61 Å². The van der Waals surface area contributed by atoms with E-state index in [-0.39, 0.29) is 0 Å². The molecule has 0 aliphatic rings. The highest BCUT2D eigenvalue weighted by Gasteiger charge is 1.90. The second-order valence-corrected chi connectivity index (χ2v) is 1.91. The quantitative estimate of drug-likeness (QED) is 0.615. The maximum Gasteiger partial charge on any atom is 0.130 e. The Balaban J connectivity index is 2.43. The van der Waals surface area contributed by atoms with E-state index in [1.54, 1.807) is 25.6 Å². The minimum atomic E-state index is 0.685. The number of hydrogen-bond donors (Lipinski definition) is 0. The number of nitrogens with zero attached hydrogens (tertiary/aromatic N) is 2. The zero-order valence-electron chi connectivity index (χ0n) is 5.95. The summed E-state index contributed by atoms with van der Waals surface area (Å²) in [5.74, 6) is 0.837. The molecule has 0 spiro atoms. The third-order valence-electron chi connectivity index (χ3n) is 1.15. The fraction of sp³-hybridized carbons (Fsp3) is 0.429. The molecule has 1 aromatic rings. The number of aromatic nitrogens is 2. The summed E-state index contributed by atoms with van der Waals surface area (Å²) in [7, 11) is 1.67. The Hall–Kier alpha value is -0.960. The molecule has 54 valence electrons. The molecule has 0 aliphatic heterocycles. The fourth-order valence-corrected chi connectivity index (χ4v) is 0.652. The lowest BCUT2D eigenvalue weighted by Crippen LogP contribution is -1.98. The number of hydrogen-bond acceptors (Lipinski definition) is 3. The summed E-state index contributed by atoms with van der Waals surface area (Å²) in [5.41, 5.74) is 0. The Kier molecular flexibility index (Phi) is 2.83. The molecule has 1 aromatic heterocycles. The van der Waals surface area contributed by atoms with Crippen molar-refractivity contribution in [3.05, 3.63) is 24.3 Å². The molecule has 0 aliphatic carbocycles. The molecule has 0 radical (unpaired) electrons. The third-order valence-corrected chi connectivity index (χ3v) is 1.15. The van der Waals surface area contributed by atoms with Crippen LogP contribution in [-0.2, 0) is 11.2 Å². The highest BCUT2D eigenvalue weighted by atomic mass is 16.5. The Morgan fingerprint density at radius 1 is 1.40 bits per heavy atom. The monoisotopic (exact) mass is 138 g/mol. The predicted octanol–water partition coefficient (Wildman–Crippen LogP) is 0.666. The molecule has 10 heavy (non-hydrogen) atoms. The van der Waals surface area contributed by atoms with Gasteiger partial charge in [-0.3, -0.25) is 0 Å². The van der Waals surface area contributed by atoms with E-state index in [9.17, 15) is 0 Å². The number of rotatable bonds is 3. The molecular formula is C7H10N2O. The number of ether oxygens (including phenoxy) is 1. The summed E-state index contributed by atoms with van der Waals surface area (Å²) in [6, 6.07) is 1.80. The fourth-order valence-electron chi connectivity index (χ4n) is 0.652. The first-order valence-electron chi connectivity index (χ1n) is 3.18. The van der Waals surface area contributed by atoms with E-state index >= 15 is 0 Å². The van der Waals surface area contributed by atoms with Gasteiger partial charge in [0.1, 0.15) is 5.82 Å².